The van der Waals surface area contributed by atoms with E-state index >= 15 is 0 Å². The molecule has 0 bridgehead atoms. The first kappa shape index (κ1) is 13.0. The van der Waals surface area contributed by atoms with Gasteiger partial charge in [0.15, 0.2) is 0 Å². The Kier molecular flexibility index (Phi) is 5.31. The van der Waals surface area contributed by atoms with E-state index in [4.69, 9.17) is 11.6 Å². The molecule has 3 heteroatoms. The molecular formula is C13H15ClFN. The number of hydrogen-bond donors (Lipinski definition) is 0. The quantitative estimate of drug-likeness (QED) is 0.733. The van der Waals surface area contributed by atoms with Gasteiger partial charge in [-0.1, -0.05) is 37.3 Å². The zero-order valence-electron chi connectivity index (χ0n) is 9.56. The third-order valence-electron chi connectivity index (χ3n) is 2.35. The van der Waals surface area contributed by atoms with Crippen LogP contribution in [0.1, 0.15) is 19.4 Å². The van der Waals surface area contributed by atoms with Crippen molar-refractivity contribution in [1.29, 1.82) is 0 Å². The lowest BCUT2D eigenvalue weighted by molar-refractivity contribution is 0.342. The summed E-state index contributed by atoms with van der Waals surface area (Å²) in [5.74, 6) is 5.61. The van der Waals surface area contributed by atoms with Gasteiger partial charge in [0.25, 0.3) is 0 Å². The molecule has 0 fully saturated rings. The fourth-order valence-corrected chi connectivity index (χ4v) is 1.46. The lowest BCUT2D eigenvalue weighted by atomic mass is 10.2. The van der Waals surface area contributed by atoms with Crippen molar-refractivity contribution in [1.82, 2.24) is 4.90 Å². The Morgan fingerprint density at radius 2 is 2.00 bits per heavy atom. The first-order chi connectivity index (χ1) is 7.67. The van der Waals surface area contributed by atoms with Gasteiger partial charge in [0.2, 0.25) is 0 Å². The van der Waals surface area contributed by atoms with Gasteiger partial charge in [-0.25, -0.2) is 4.39 Å². The maximum absolute atomic E-state index is 12.9. The maximum Gasteiger partial charge on any atom is 0.141 e. The van der Waals surface area contributed by atoms with Crippen LogP contribution in [-0.2, 0) is 0 Å². The van der Waals surface area contributed by atoms with Gasteiger partial charge in [0, 0.05) is 5.56 Å². The summed E-state index contributed by atoms with van der Waals surface area (Å²) in [5, 5.41) is 0.120. The highest BCUT2D eigenvalue weighted by molar-refractivity contribution is 6.30. The minimum absolute atomic E-state index is 0.120. The van der Waals surface area contributed by atoms with Crippen LogP contribution in [0.25, 0.3) is 0 Å². The SMILES string of the molecule is CCN(CC)CC#Cc1ccc(F)c(Cl)c1. The Hall–Kier alpha value is -1.04. The topological polar surface area (TPSA) is 3.24 Å². The molecule has 0 spiro atoms. The lowest BCUT2D eigenvalue weighted by Crippen LogP contribution is -2.22. The van der Waals surface area contributed by atoms with E-state index in [9.17, 15) is 4.39 Å². The fraction of sp³-hybridized carbons (Fsp3) is 0.385. The molecule has 1 aromatic rings. The number of benzene rings is 1. The van der Waals surface area contributed by atoms with Crippen molar-refractivity contribution < 1.29 is 4.39 Å². The van der Waals surface area contributed by atoms with E-state index in [1.54, 1.807) is 12.1 Å². The van der Waals surface area contributed by atoms with E-state index in [1.807, 2.05) is 0 Å². The van der Waals surface area contributed by atoms with Gasteiger partial charge in [0.05, 0.1) is 11.6 Å². The molecule has 0 atom stereocenters. The summed E-state index contributed by atoms with van der Waals surface area (Å²) < 4.78 is 12.9. The Morgan fingerprint density at radius 3 is 2.56 bits per heavy atom. The molecule has 1 aromatic carbocycles. The normalized spacial score (nSPS) is 10.1. The van der Waals surface area contributed by atoms with Crippen LogP contribution in [0.3, 0.4) is 0 Å². The minimum atomic E-state index is -0.407. The number of halogens is 2. The molecule has 0 aliphatic heterocycles. The first-order valence-corrected chi connectivity index (χ1v) is 5.71. The van der Waals surface area contributed by atoms with E-state index in [0.717, 1.165) is 25.2 Å². The molecule has 16 heavy (non-hydrogen) atoms. The molecule has 86 valence electrons. The molecule has 0 unspecified atom stereocenters. The van der Waals surface area contributed by atoms with E-state index < -0.39 is 5.82 Å². The predicted molar refractivity (Wildman–Crippen MR) is 66.1 cm³/mol. The molecular weight excluding hydrogens is 225 g/mol. The van der Waals surface area contributed by atoms with Crippen molar-refractivity contribution in [3.05, 3.63) is 34.6 Å². The smallest absolute Gasteiger partial charge is 0.141 e. The van der Waals surface area contributed by atoms with Crippen molar-refractivity contribution in [3.63, 3.8) is 0 Å². The zero-order valence-corrected chi connectivity index (χ0v) is 10.3. The van der Waals surface area contributed by atoms with Crippen molar-refractivity contribution in [2.45, 2.75) is 13.8 Å². The predicted octanol–water partition coefficient (Wildman–Crippen LogP) is 3.17. The summed E-state index contributed by atoms with van der Waals surface area (Å²) in [4.78, 5) is 2.21. The third kappa shape index (κ3) is 3.84. The largest absolute Gasteiger partial charge is 0.293 e. The van der Waals surface area contributed by atoms with E-state index in [2.05, 4.69) is 30.6 Å². The molecule has 0 N–H and O–H groups in total. The van der Waals surface area contributed by atoms with Crippen LogP contribution in [0.2, 0.25) is 5.02 Å². The molecule has 1 rings (SSSR count). The van der Waals surface area contributed by atoms with Crippen molar-refractivity contribution in [2.75, 3.05) is 19.6 Å². The van der Waals surface area contributed by atoms with Crippen LogP contribution in [0.4, 0.5) is 4.39 Å². The Morgan fingerprint density at radius 1 is 1.31 bits per heavy atom. The van der Waals surface area contributed by atoms with Gasteiger partial charge >= 0.3 is 0 Å². The molecule has 0 amide bonds. The molecule has 0 aliphatic carbocycles. The van der Waals surface area contributed by atoms with Gasteiger partial charge in [0.1, 0.15) is 5.82 Å². The Bertz CT molecular complexity index is 402. The Balaban J connectivity index is 2.66. The summed E-state index contributed by atoms with van der Waals surface area (Å²) >= 11 is 5.66. The fourth-order valence-electron chi connectivity index (χ4n) is 1.27. The van der Waals surface area contributed by atoms with Crippen molar-refractivity contribution in [3.8, 4) is 11.8 Å². The summed E-state index contributed by atoms with van der Waals surface area (Å²) in [5.41, 5.74) is 0.749. The van der Waals surface area contributed by atoms with E-state index in [0.29, 0.717) is 0 Å². The summed E-state index contributed by atoms with van der Waals surface area (Å²) in [6.07, 6.45) is 0. The van der Waals surface area contributed by atoms with Crippen LogP contribution >= 0.6 is 11.6 Å². The average molecular weight is 240 g/mol. The highest BCUT2D eigenvalue weighted by atomic mass is 35.5. The van der Waals surface area contributed by atoms with Crippen molar-refractivity contribution >= 4 is 11.6 Å². The standard InChI is InChI=1S/C13H15ClFN/c1-3-16(4-2)9-5-6-11-7-8-13(15)12(14)10-11/h7-8,10H,3-4,9H2,1-2H3. The van der Waals surface area contributed by atoms with Gasteiger partial charge in [-0.05, 0) is 31.3 Å². The van der Waals surface area contributed by atoms with Crippen molar-refractivity contribution in [2.24, 2.45) is 0 Å². The average Bonchev–Trinajstić information content (AvgIpc) is 2.29. The first-order valence-electron chi connectivity index (χ1n) is 5.33. The second-order valence-corrected chi connectivity index (χ2v) is 3.80. The lowest BCUT2D eigenvalue weighted by Gasteiger charge is -2.13. The summed E-state index contributed by atoms with van der Waals surface area (Å²) in [6.45, 7) is 6.88. The molecule has 0 saturated heterocycles. The minimum Gasteiger partial charge on any atom is -0.293 e. The Labute approximate surface area is 101 Å². The van der Waals surface area contributed by atoms with Gasteiger partial charge < -0.3 is 0 Å². The number of hydrogen-bond acceptors (Lipinski definition) is 1. The second kappa shape index (κ2) is 6.52. The van der Waals surface area contributed by atoms with Crippen LogP contribution in [0.15, 0.2) is 18.2 Å². The summed E-state index contributed by atoms with van der Waals surface area (Å²) in [7, 11) is 0. The van der Waals surface area contributed by atoms with Crippen LogP contribution in [-0.4, -0.2) is 24.5 Å². The van der Waals surface area contributed by atoms with Gasteiger partial charge in [-0.15, -0.1) is 0 Å². The van der Waals surface area contributed by atoms with Gasteiger partial charge in [-0.3, -0.25) is 4.90 Å². The molecule has 0 saturated carbocycles. The number of nitrogens with zero attached hydrogens (tertiary/aromatic N) is 1. The number of rotatable bonds is 3. The van der Waals surface area contributed by atoms with Crippen LogP contribution in [0.5, 0.6) is 0 Å². The third-order valence-corrected chi connectivity index (χ3v) is 2.64. The van der Waals surface area contributed by atoms with Crippen LogP contribution in [0, 0.1) is 17.7 Å². The van der Waals surface area contributed by atoms with E-state index in [1.165, 1.54) is 6.07 Å². The van der Waals surface area contributed by atoms with Crippen LogP contribution < -0.4 is 0 Å². The molecule has 0 aromatic heterocycles. The molecule has 0 radical (unpaired) electrons. The highest BCUT2D eigenvalue weighted by Crippen LogP contribution is 2.15. The second-order valence-electron chi connectivity index (χ2n) is 3.39. The molecule has 0 aliphatic rings. The van der Waals surface area contributed by atoms with E-state index in [-0.39, 0.29) is 5.02 Å². The summed E-state index contributed by atoms with van der Waals surface area (Å²) in [6, 6.07) is 4.52. The molecule has 0 heterocycles. The molecule has 1 nitrogen and oxygen atoms in total. The van der Waals surface area contributed by atoms with Gasteiger partial charge in [-0.2, -0.15) is 0 Å². The maximum atomic E-state index is 12.9. The monoisotopic (exact) mass is 239 g/mol. The zero-order chi connectivity index (χ0) is 12.0. The highest BCUT2D eigenvalue weighted by Gasteiger charge is 1.98.